The zero-order valence-electron chi connectivity index (χ0n) is 6.90. The molecule has 0 fully saturated rings. The Kier molecular flexibility index (Phi) is 2.94. The molecule has 12 heavy (non-hydrogen) atoms. The fraction of sp³-hybridized carbons (Fsp3) is 0.333. The summed E-state index contributed by atoms with van der Waals surface area (Å²) in [7, 11) is 0. The summed E-state index contributed by atoms with van der Waals surface area (Å²) in [5.74, 6) is -0.0712. The summed E-state index contributed by atoms with van der Waals surface area (Å²) in [5.41, 5.74) is 0.554. The lowest BCUT2D eigenvalue weighted by atomic mass is 10.1. The van der Waals surface area contributed by atoms with E-state index in [9.17, 15) is 4.79 Å². The number of aromatic nitrogens is 1. The van der Waals surface area contributed by atoms with E-state index in [0.717, 1.165) is 0 Å². The molecule has 0 aliphatic rings. The van der Waals surface area contributed by atoms with Gasteiger partial charge in [-0.25, -0.2) is 0 Å². The Labute approximate surface area is 71.1 Å². The highest BCUT2D eigenvalue weighted by Gasteiger charge is 2.07. The summed E-state index contributed by atoms with van der Waals surface area (Å²) in [4.78, 5) is 15.1. The zero-order chi connectivity index (χ0) is 8.97. The summed E-state index contributed by atoms with van der Waals surface area (Å²) in [6.45, 7) is 1.59. The number of pyridine rings is 1. The molecule has 1 atom stereocenters. The minimum Gasteiger partial charge on any atom is -0.393 e. The molecule has 1 unspecified atom stereocenters. The van der Waals surface area contributed by atoms with Crippen LogP contribution in [0.3, 0.4) is 0 Å². The van der Waals surface area contributed by atoms with Crippen LogP contribution in [0, 0.1) is 0 Å². The quantitative estimate of drug-likeness (QED) is 0.681. The maximum Gasteiger partial charge on any atom is 0.166 e. The minimum absolute atomic E-state index is 0.0712. The number of ketones is 1. The highest BCUT2D eigenvalue weighted by molar-refractivity contribution is 5.95. The van der Waals surface area contributed by atoms with Crippen molar-refractivity contribution in [3.05, 3.63) is 30.1 Å². The molecule has 0 bridgehead atoms. The second kappa shape index (κ2) is 3.97. The van der Waals surface area contributed by atoms with E-state index in [1.807, 2.05) is 0 Å². The largest absolute Gasteiger partial charge is 0.393 e. The first kappa shape index (κ1) is 8.87. The fourth-order valence-electron chi connectivity index (χ4n) is 0.914. The van der Waals surface area contributed by atoms with Crippen molar-refractivity contribution in [2.24, 2.45) is 0 Å². The molecular weight excluding hydrogens is 154 g/mol. The van der Waals surface area contributed by atoms with Gasteiger partial charge in [-0.15, -0.1) is 0 Å². The van der Waals surface area contributed by atoms with Crippen LogP contribution in [0.4, 0.5) is 0 Å². The van der Waals surface area contributed by atoms with E-state index in [1.165, 1.54) is 6.20 Å². The fourth-order valence-corrected chi connectivity index (χ4v) is 0.914. The number of aliphatic hydroxyl groups excluding tert-OH is 1. The molecule has 1 aromatic heterocycles. The van der Waals surface area contributed by atoms with Gasteiger partial charge in [0.05, 0.1) is 6.10 Å². The van der Waals surface area contributed by atoms with Crippen molar-refractivity contribution in [1.82, 2.24) is 4.98 Å². The average Bonchev–Trinajstić information content (AvgIpc) is 2.05. The monoisotopic (exact) mass is 165 g/mol. The number of hydrogen-bond acceptors (Lipinski definition) is 3. The van der Waals surface area contributed by atoms with Gasteiger partial charge < -0.3 is 5.11 Å². The molecule has 1 heterocycles. The smallest absolute Gasteiger partial charge is 0.166 e. The molecule has 0 saturated carbocycles. The number of hydrogen-bond donors (Lipinski definition) is 1. The lowest BCUT2D eigenvalue weighted by Crippen LogP contribution is -2.09. The Balaban J connectivity index is 2.66. The molecule has 1 rings (SSSR count). The molecular formula is C9H11NO2. The Morgan fingerprint density at radius 2 is 2.50 bits per heavy atom. The third-order valence-corrected chi connectivity index (χ3v) is 1.46. The average molecular weight is 165 g/mol. The molecule has 0 amide bonds. The van der Waals surface area contributed by atoms with Gasteiger partial charge in [0, 0.05) is 24.4 Å². The maximum atomic E-state index is 11.3. The third-order valence-electron chi connectivity index (χ3n) is 1.46. The van der Waals surface area contributed by atoms with Crippen molar-refractivity contribution < 1.29 is 9.90 Å². The molecule has 3 nitrogen and oxygen atoms in total. The van der Waals surface area contributed by atoms with Crippen LogP contribution in [0.15, 0.2) is 24.5 Å². The van der Waals surface area contributed by atoms with E-state index >= 15 is 0 Å². The van der Waals surface area contributed by atoms with E-state index in [1.54, 1.807) is 25.3 Å². The number of aliphatic hydroxyl groups is 1. The van der Waals surface area contributed by atoms with Crippen molar-refractivity contribution in [2.45, 2.75) is 19.4 Å². The standard InChI is InChI=1S/C9H11NO2/c1-7(11)5-9(12)8-3-2-4-10-6-8/h2-4,6-7,11H,5H2,1H3. The summed E-state index contributed by atoms with van der Waals surface area (Å²) < 4.78 is 0. The second-order valence-electron chi connectivity index (χ2n) is 2.72. The van der Waals surface area contributed by atoms with Crippen LogP contribution >= 0.6 is 0 Å². The Morgan fingerprint density at radius 3 is 3.00 bits per heavy atom. The number of carbonyl (C=O) groups excluding carboxylic acids is 1. The lowest BCUT2D eigenvalue weighted by molar-refractivity contribution is 0.0901. The van der Waals surface area contributed by atoms with Crippen LogP contribution in [-0.2, 0) is 0 Å². The van der Waals surface area contributed by atoms with Gasteiger partial charge in [0.2, 0.25) is 0 Å². The van der Waals surface area contributed by atoms with Gasteiger partial charge >= 0.3 is 0 Å². The number of nitrogens with zero attached hydrogens (tertiary/aromatic N) is 1. The first-order chi connectivity index (χ1) is 5.70. The van der Waals surface area contributed by atoms with Crippen LogP contribution in [0.25, 0.3) is 0 Å². The lowest BCUT2D eigenvalue weighted by Gasteiger charge is -2.01. The van der Waals surface area contributed by atoms with Gasteiger partial charge in [0.1, 0.15) is 0 Å². The van der Waals surface area contributed by atoms with E-state index in [-0.39, 0.29) is 12.2 Å². The van der Waals surface area contributed by atoms with E-state index in [4.69, 9.17) is 5.11 Å². The summed E-state index contributed by atoms with van der Waals surface area (Å²) in [5, 5.41) is 8.94. The van der Waals surface area contributed by atoms with Crippen molar-refractivity contribution in [3.8, 4) is 0 Å². The van der Waals surface area contributed by atoms with Gasteiger partial charge in [-0.1, -0.05) is 0 Å². The van der Waals surface area contributed by atoms with Crippen molar-refractivity contribution in [2.75, 3.05) is 0 Å². The number of Topliss-reactive ketones (excluding diaryl/α,β-unsaturated/α-hetero) is 1. The molecule has 1 aromatic rings. The molecule has 0 aliphatic heterocycles. The summed E-state index contributed by atoms with van der Waals surface area (Å²) in [6, 6.07) is 3.40. The molecule has 0 saturated heterocycles. The molecule has 0 radical (unpaired) electrons. The molecule has 0 aliphatic carbocycles. The van der Waals surface area contributed by atoms with Gasteiger partial charge in [0.25, 0.3) is 0 Å². The molecule has 1 N–H and O–H groups in total. The van der Waals surface area contributed by atoms with Gasteiger partial charge in [-0.3, -0.25) is 9.78 Å². The predicted octanol–water partition coefficient (Wildman–Crippen LogP) is 1.04. The highest BCUT2D eigenvalue weighted by atomic mass is 16.3. The first-order valence-electron chi connectivity index (χ1n) is 3.81. The Morgan fingerprint density at radius 1 is 1.75 bits per heavy atom. The summed E-state index contributed by atoms with van der Waals surface area (Å²) in [6.07, 6.45) is 2.69. The van der Waals surface area contributed by atoms with E-state index in [2.05, 4.69) is 4.98 Å². The van der Waals surface area contributed by atoms with Gasteiger partial charge in [-0.05, 0) is 19.1 Å². The van der Waals surface area contributed by atoms with Crippen LogP contribution < -0.4 is 0 Å². The van der Waals surface area contributed by atoms with E-state index in [0.29, 0.717) is 5.56 Å². The van der Waals surface area contributed by atoms with E-state index < -0.39 is 6.10 Å². The minimum atomic E-state index is -0.585. The third kappa shape index (κ3) is 2.43. The molecule has 3 heteroatoms. The normalized spacial score (nSPS) is 12.5. The highest BCUT2D eigenvalue weighted by Crippen LogP contribution is 2.02. The predicted molar refractivity (Wildman–Crippen MR) is 44.9 cm³/mol. The SMILES string of the molecule is CC(O)CC(=O)c1cccnc1. The van der Waals surface area contributed by atoms with Crippen molar-refractivity contribution in [1.29, 1.82) is 0 Å². The van der Waals surface area contributed by atoms with Gasteiger partial charge in [0.15, 0.2) is 5.78 Å². The van der Waals surface area contributed by atoms with Crippen LogP contribution in [0.5, 0.6) is 0 Å². The zero-order valence-corrected chi connectivity index (χ0v) is 6.90. The van der Waals surface area contributed by atoms with Gasteiger partial charge in [-0.2, -0.15) is 0 Å². The molecule has 0 spiro atoms. The topological polar surface area (TPSA) is 50.2 Å². The van der Waals surface area contributed by atoms with Crippen LogP contribution in [-0.4, -0.2) is 22.0 Å². The number of carbonyl (C=O) groups is 1. The van der Waals surface area contributed by atoms with Crippen molar-refractivity contribution in [3.63, 3.8) is 0 Å². The number of rotatable bonds is 3. The van der Waals surface area contributed by atoms with Crippen molar-refractivity contribution >= 4 is 5.78 Å². The Hall–Kier alpha value is -1.22. The second-order valence-corrected chi connectivity index (χ2v) is 2.72. The first-order valence-corrected chi connectivity index (χ1v) is 3.81. The maximum absolute atomic E-state index is 11.3. The summed E-state index contributed by atoms with van der Waals surface area (Å²) >= 11 is 0. The molecule has 64 valence electrons. The van der Waals surface area contributed by atoms with Crippen LogP contribution in [0.2, 0.25) is 0 Å². The molecule has 0 aromatic carbocycles. The Bertz CT molecular complexity index is 256. The van der Waals surface area contributed by atoms with Crippen LogP contribution in [0.1, 0.15) is 23.7 Å².